The molecule has 22 heavy (non-hydrogen) atoms. The predicted octanol–water partition coefficient (Wildman–Crippen LogP) is 2.94. The van der Waals surface area contributed by atoms with Crippen LogP contribution in [0.1, 0.15) is 25.8 Å². The Morgan fingerprint density at radius 3 is 2.55 bits per heavy atom. The topological polar surface area (TPSA) is 33.1 Å². The highest BCUT2D eigenvalue weighted by atomic mass is 15.3. The highest BCUT2D eigenvalue weighted by Crippen LogP contribution is 2.09. The zero-order valence-corrected chi connectivity index (χ0v) is 14.2. The minimum absolute atomic E-state index is 0.509. The van der Waals surface area contributed by atoms with Gasteiger partial charge in [-0.05, 0) is 38.6 Å². The van der Waals surface area contributed by atoms with Crippen molar-refractivity contribution in [3.63, 3.8) is 0 Å². The summed E-state index contributed by atoms with van der Waals surface area (Å²) in [5.74, 6) is 0.699. The Balaban J connectivity index is 1.94. The Hall–Kier alpha value is -1.65. The van der Waals surface area contributed by atoms with Gasteiger partial charge in [-0.2, -0.15) is 5.10 Å². The monoisotopic (exact) mass is 300 g/mol. The maximum Gasteiger partial charge on any atom is 0.0645 e. The summed E-state index contributed by atoms with van der Waals surface area (Å²) in [5.41, 5.74) is 2.32. The molecule has 0 radical (unpaired) electrons. The van der Waals surface area contributed by atoms with E-state index in [0.717, 1.165) is 18.8 Å². The highest BCUT2D eigenvalue weighted by molar-refractivity contribution is 5.30. The number of hydrogen-bond acceptors (Lipinski definition) is 3. The van der Waals surface area contributed by atoms with Crippen molar-refractivity contribution in [2.24, 2.45) is 5.92 Å². The van der Waals surface area contributed by atoms with Crippen molar-refractivity contribution in [1.82, 2.24) is 20.0 Å². The van der Waals surface area contributed by atoms with Gasteiger partial charge >= 0.3 is 0 Å². The lowest BCUT2D eigenvalue weighted by atomic mass is 10.0. The Labute approximate surface area is 134 Å². The molecule has 0 aliphatic heterocycles. The van der Waals surface area contributed by atoms with Crippen molar-refractivity contribution in [2.75, 3.05) is 20.6 Å². The number of para-hydroxylation sites is 1. The van der Waals surface area contributed by atoms with E-state index in [4.69, 9.17) is 0 Å². The van der Waals surface area contributed by atoms with Gasteiger partial charge in [0.15, 0.2) is 0 Å². The molecule has 1 aromatic carbocycles. The molecule has 1 unspecified atom stereocenters. The van der Waals surface area contributed by atoms with Gasteiger partial charge in [-0.15, -0.1) is 0 Å². The summed E-state index contributed by atoms with van der Waals surface area (Å²) < 4.78 is 1.93. The van der Waals surface area contributed by atoms with Gasteiger partial charge in [0.25, 0.3) is 0 Å². The summed E-state index contributed by atoms with van der Waals surface area (Å²) in [6, 6.07) is 10.7. The first-order valence-electron chi connectivity index (χ1n) is 8.01. The first-order chi connectivity index (χ1) is 10.5. The second kappa shape index (κ2) is 8.11. The summed E-state index contributed by atoms with van der Waals surface area (Å²) in [5, 5.41) is 8.12. The van der Waals surface area contributed by atoms with Crippen LogP contribution in [0.4, 0.5) is 0 Å². The lowest BCUT2D eigenvalue weighted by Gasteiger charge is -2.23. The fourth-order valence-electron chi connectivity index (χ4n) is 2.67. The third kappa shape index (κ3) is 5.28. The number of aromatic nitrogens is 2. The van der Waals surface area contributed by atoms with E-state index in [1.807, 2.05) is 29.1 Å². The van der Waals surface area contributed by atoms with Crippen LogP contribution in [0.15, 0.2) is 42.7 Å². The van der Waals surface area contributed by atoms with Gasteiger partial charge in [0.05, 0.1) is 11.9 Å². The molecule has 120 valence electrons. The van der Waals surface area contributed by atoms with Gasteiger partial charge in [-0.1, -0.05) is 32.0 Å². The third-order valence-corrected chi connectivity index (χ3v) is 3.59. The number of nitrogens with zero attached hydrogens (tertiary/aromatic N) is 3. The van der Waals surface area contributed by atoms with Gasteiger partial charge < -0.3 is 10.2 Å². The van der Waals surface area contributed by atoms with Crippen LogP contribution in [-0.4, -0.2) is 41.4 Å². The minimum atomic E-state index is 0.509. The molecular formula is C18H28N4. The van der Waals surface area contributed by atoms with Crippen LogP contribution in [-0.2, 0) is 6.54 Å². The summed E-state index contributed by atoms with van der Waals surface area (Å²) in [7, 11) is 4.25. The van der Waals surface area contributed by atoms with Crippen molar-refractivity contribution >= 4 is 0 Å². The molecule has 0 aliphatic carbocycles. The van der Waals surface area contributed by atoms with E-state index in [1.54, 1.807) is 0 Å². The molecule has 0 amide bonds. The van der Waals surface area contributed by atoms with E-state index in [0.29, 0.717) is 12.0 Å². The van der Waals surface area contributed by atoms with Gasteiger partial charge in [0.2, 0.25) is 0 Å². The third-order valence-electron chi connectivity index (χ3n) is 3.59. The SMILES string of the molecule is CC(C)CC(CN(C)C)NCc1cnn(-c2ccccc2)c1. The van der Waals surface area contributed by atoms with E-state index < -0.39 is 0 Å². The lowest BCUT2D eigenvalue weighted by molar-refractivity contribution is 0.305. The fourth-order valence-corrected chi connectivity index (χ4v) is 2.67. The maximum atomic E-state index is 4.45. The molecule has 0 spiro atoms. The second-order valence-electron chi connectivity index (χ2n) is 6.60. The van der Waals surface area contributed by atoms with Crippen molar-refractivity contribution in [2.45, 2.75) is 32.9 Å². The lowest BCUT2D eigenvalue weighted by Crippen LogP contribution is -2.38. The van der Waals surface area contributed by atoms with Crippen molar-refractivity contribution in [1.29, 1.82) is 0 Å². The molecular weight excluding hydrogens is 272 g/mol. The average molecular weight is 300 g/mol. The quantitative estimate of drug-likeness (QED) is 0.813. The van der Waals surface area contributed by atoms with Gasteiger partial charge in [0, 0.05) is 30.9 Å². The average Bonchev–Trinajstić information content (AvgIpc) is 2.93. The Kier molecular flexibility index (Phi) is 6.16. The van der Waals surface area contributed by atoms with Crippen LogP contribution in [0, 0.1) is 5.92 Å². The number of hydrogen-bond donors (Lipinski definition) is 1. The molecule has 0 saturated heterocycles. The maximum absolute atomic E-state index is 4.45. The molecule has 0 saturated carbocycles. The summed E-state index contributed by atoms with van der Waals surface area (Å²) >= 11 is 0. The summed E-state index contributed by atoms with van der Waals surface area (Å²) in [6.45, 7) is 6.47. The first-order valence-corrected chi connectivity index (χ1v) is 8.01. The van der Waals surface area contributed by atoms with E-state index in [2.05, 4.69) is 61.6 Å². The van der Waals surface area contributed by atoms with E-state index >= 15 is 0 Å². The zero-order valence-electron chi connectivity index (χ0n) is 14.2. The van der Waals surface area contributed by atoms with Crippen LogP contribution < -0.4 is 5.32 Å². The number of benzene rings is 1. The highest BCUT2D eigenvalue weighted by Gasteiger charge is 2.12. The van der Waals surface area contributed by atoms with Crippen LogP contribution in [0.5, 0.6) is 0 Å². The van der Waals surface area contributed by atoms with Gasteiger partial charge in [-0.3, -0.25) is 0 Å². The normalized spacial score (nSPS) is 13.0. The standard InChI is InChI=1S/C18H28N4/c1-15(2)10-17(14-21(3)4)19-11-16-12-20-22(13-16)18-8-6-5-7-9-18/h5-9,12-13,15,17,19H,10-11,14H2,1-4H3. The molecule has 1 aromatic heterocycles. The Morgan fingerprint density at radius 2 is 1.91 bits per heavy atom. The molecule has 1 N–H and O–H groups in total. The van der Waals surface area contributed by atoms with Gasteiger partial charge in [0.1, 0.15) is 0 Å². The van der Waals surface area contributed by atoms with Crippen LogP contribution in [0.25, 0.3) is 5.69 Å². The van der Waals surface area contributed by atoms with Gasteiger partial charge in [-0.25, -0.2) is 4.68 Å². The van der Waals surface area contributed by atoms with E-state index in [9.17, 15) is 0 Å². The fraction of sp³-hybridized carbons (Fsp3) is 0.500. The molecule has 4 nitrogen and oxygen atoms in total. The van der Waals surface area contributed by atoms with Crippen molar-refractivity contribution in [3.05, 3.63) is 48.3 Å². The van der Waals surface area contributed by atoms with Crippen molar-refractivity contribution in [3.8, 4) is 5.69 Å². The largest absolute Gasteiger partial charge is 0.309 e. The van der Waals surface area contributed by atoms with E-state index in [-0.39, 0.29) is 0 Å². The Bertz CT molecular complexity index is 535. The molecule has 4 heteroatoms. The molecule has 2 aromatic rings. The molecule has 1 heterocycles. The molecule has 1 atom stereocenters. The number of nitrogens with one attached hydrogen (secondary N) is 1. The minimum Gasteiger partial charge on any atom is -0.309 e. The number of rotatable bonds is 8. The van der Waals surface area contributed by atoms with Crippen LogP contribution in [0.3, 0.4) is 0 Å². The molecule has 0 bridgehead atoms. The number of likely N-dealkylation sites (N-methyl/N-ethyl adjacent to an activating group) is 1. The molecule has 0 aliphatic rings. The molecule has 0 fully saturated rings. The van der Waals surface area contributed by atoms with Crippen molar-refractivity contribution < 1.29 is 0 Å². The smallest absolute Gasteiger partial charge is 0.0645 e. The summed E-state index contributed by atoms with van der Waals surface area (Å²) in [4.78, 5) is 2.24. The Morgan fingerprint density at radius 1 is 1.18 bits per heavy atom. The van der Waals surface area contributed by atoms with Crippen LogP contribution >= 0.6 is 0 Å². The molecule has 2 rings (SSSR count). The zero-order chi connectivity index (χ0) is 15.9. The summed E-state index contributed by atoms with van der Waals surface area (Å²) in [6.07, 6.45) is 5.23. The second-order valence-corrected chi connectivity index (χ2v) is 6.60. The van der Waals surface area contributed by atoms with E-state index in [1.165, 1.54) is 12.0 Å². The first kappa shape index (κ1) is 16.7. The van der Waals surface area contributed by atoms with Crippen LogP contribution in [0.2, 0.25) is 0 Å². The predicted molar refractivity (Wildman–Crippen MR) is 92.2 cm³/mol.